The van der Waals surface area contributed by atoms with E-state index in [0.717, 1.165) is 0 Å². The third-order valence-electron chi connectivity index (χ3n) is 7.44. The first-order valence-corrected chi connectivity index (χ1v) is 17.6. The van der Waals surface area contributed by atoms with E-state index in [9.17, 15) is 0 Å². The first-order chi connectivity index (χ1) is 15.2. The smallest absolute Gasteiger partial charge is 0.0594 e. The first-order valence-electron chi connectivity index (χ1n) is 15.1. The first kappa shape index (κ1) is 35.3. The van der Waals surface area contributed by atoms with Crippen molar-refractivity contribution < 1.29 is 24.0 Å². The third kappa shape index (κ3) is 22.9. The second kappa shape index (κ2) is 28.4. The molecule has 0 heterocycles. The lowest BCUT2D eigenvalue weighted by Gasteiger charge is -2.28. The van der Waals surface area contributed by atoms with Gasteiger partial charge in [-0.25, -0.2) is 0 Å². The normalized spacial score (nSPS) is 11.6. The fraction of sp³-hybridized carbons (Fsp3) is 1.00. The average Bonchev–Trinajstić information content (AvgIpc) is 2.78. The van der Waals surface area contributed by atoms with Gasteiger partial charge in [-0.3, -0.25) is 0 Å². The summed E-state index contributed by atoms with van der Waals surface area (Å²) in [6, 6.07) is 0. The van der Waals surface area contributed by atoms with Crippen LogP contribution in [0.25, 0.3) is 0 Å². The van der Waals surface area contributed by atoms with Crippen LogP contribution in [0.2, 0.25) is 0 Å². The zero-order chi connectivity index (χ0) is 22.9. The Balaban J connectivity index is 0. The van der Waals surface area contributed by atoms with Gasteiger partial charge >= 0.3 is 0 Å². The van der Waals surface area contributed by atoms with Gasteiger partial charge in [0.15, 0.2) is 0 Å². The summed E-state index contributed by atoms with van der Waals surface area (Å²) in [4.78, 5) is 0. The van der Waals surface area contributed by atoms with Gasteiger partial charge in [0.1, 0.15) is 0 Å². The molecule has 0 aromatic carbocycles. The highest BCUT2D eigenvalue weighted by Crippen LogP contribution is 2.61. The summed E-state index contributed by atoms with van der Waals surface area (Å²) in [6.45, 7) is 9.40. The minimum atomic E-state index is -0.699. The van der Waals surface area contributed by atoms with Crippen LogP contribution in [0.4, 0.5) is 0 Å². The molecule has 0 unspecified atom stereocenters. The van der Waals surface area contributed by atoms with Crippen molar-refractivity contribution in [3.63, 3.8) is 0 Å². The van der Waals surface area contributed by atoms with Crippen molar-refractivity contribution in [1.82, 2.24) is 0 Å². The molecule has 0 N–H and O–H groups in total. The van der Waals surface area contributed by atoms with Crippen LogP contribution in [0.1, 0.15) is 169 Å². The monoisotopic (exact) mass is 582 g/mol. The van der Waals surface area contributed by atoms with Gasteiger partial charge in [-0.2, -0.15) is 0 Å². The molecule has 196 valence electrons. The maximum absolute atomic E-state index is 2.37. The van der Waals surface area contributed by atoms with Crippen LogP contribution in [0.5, 0.6) is 0 Å². The maximum Gasteiger partial charge on any atom is 0.0594 e. The fourth-order valence-electron chi connectivity index (χ4n) is 5.23. The Hall–Kier alpha value is 1.16. The molecule has 0 aliphatic carbocycles. The zero-order valence-corrected chi connectivity index (χ0v) is 26.3. The number of hydrogen-bond acceptors (Lipinski definition) is 0. The van der Waals surface area contributed by atoms with Crippen molar-refractivity contribution in [2.24, 2.45) is 0 Å². The lowest BCUT2D eigenvalue weighted by atomic mass is 10.1. The summed E-state index contributed by atoms with van der Waals surface area (Å²) in [5.41, 5.74) is 0. The van der Waals surface area contributed by atoms with Gasteiger partial charge < -0.3 is 24.0 Å². The van der Waals surface area contributed by atoms with Gasteiger partial charge in [-0.05, 0) is 51.4 Å². The summed E-state index contributed by atoms with van der Waals surface area (Å²) < 4.78 is 0. The van der Waals surface area contributed by atoms with Crippen LogP contribution in [0, 0.1) is 0 Å². The summed E-state index contributed by atoms with van der Waals surface area (Å²) in [6.07, 6.45) is 39.1. The van der Waals surface area contributed by atoms with Gasteiger partial charge in [0.05, 0.1) is 24.6 Å². The molecule has 0 saturated heterocycles. The predicted octanol–water partition coefficient (Wildman–Crippen LogP) is 8.67. The molecular weight excluding hydrogens is 518 g/mol. The average molecular weight is 583 g/mol. The maximum atomic E-state index is 2.37. The van der Waals surface area contributed by atoms with E-state index in [0.29, 0.717) is 0 Å². The molecule has 0 aliphatic heterocycles. The van der Waals surface area contributed by atoms with E-state index < -0.39 is 7.26 Å². The topological polar surface area (TPSA) is 0 Å². The van der Waals surface area contributed by atoms with Crippen molar-refractivity contribution in [2.75, 3.05) is 24.6 Å². The molecule has 2 heteroatoms. The molecule has 0 saturated carbocycles. The fourth-order valence-corrected chi connectivity index (χ4v) is 10.1. The van der Waals surface area contributed by atoms with E-state index >= 15 is 0 Å². The third-order valence-corrected chi connectivity index (χ3v) is 12.5. The molecule has 0 aromatic rings. The number of halogens is 1. The molecule has 0 aliphatic rings. The highest BCUT2D eigenvalue weighted by atomic mass is 127. The molecule has 0 nitrogen and oxygen atoms in total. The Morgan fingerprint density at radius 3 is 0.719 bits per heavy atom. The number of rotatable bonds is 26. The Morgan fingerprint density at radius 1 is 0.281 bits per heavy atom. The molecule has 0 spiro atoms. The van der Waals surface area contributed by atoms with Crippen LogP contribution >= 0.6 is 7.26 Å². The number of unbranched alkanes of at least 4 members (excludes halogenated alkanes) is 18. The summed E-state index contributed by atoms with van der Waals surface area (Å²) in [7, 11) is -0.699. The van der Waals surface area contributed by atoms with Crippen molar-refractivity contribution >= 4 is 7.26 Å². The quantitative estimate of drug-likeness (QED) is 0.0544. The van der Waals surface area contributed by atoms with Crippen LogP contribution in [-0.2, 0) is 0 Å². The van der Waals surface area contributed by atoms with Gasteiger partial charge in [-0.1, -0.05) is 118 Å². The summed E-state index contributed by atoms with van der Waals surface area (Å²) in [5.74, 6) is 0. The van der Waals surface area contributed by atoms with Gasteiger partial charge in [0, 0.05) is 7.26 Å². The summed E-state index contributed by atoms with van der Waals surface area (Å²) >= 11 is 0. The molecular formula is C30H64IP. The van der Waals surface area contributed by atoms with Gasteiger partial charge in [0.25, 0.3) is 0 Å². The van der Waals surface area contributed by atoms with E-state index in [4.69, 9.17) is 0 Å². The van der Waals surface area contributed by atoms with E-state index in [1.807, 2.05) is 0 Å². The second-order valence-corrected chi connectivity index (χ2v) is 15.1. The molecule has 0 atom stereocenters. The molecule has 0 fully saturated rings. The van der Waals surface area contributed by atoms with Crippen molar-refractivity contribution in [3.8, 4) is 0 Å². The summed E-state index contributed by atoms with van der Waals surface area (Å²) in [5, 5.41) is 0. The van der Waals surface area contributed by atoms with E-state index in [2.05, 4.69) is 27.7 Å². The van der Waals surface area contributed by atoms with E-state index in [1.54, 1.807) is 50.3 Å². The molecule has 0 bridgehead atoms. The molecule has 0 radical (unpaired) electrons. The highest BCUT2D eigenvalue weighted by molar-refractivity contribution is 7.75. The Labute approximate surface area is 224 Å². The number of hydrogen-bond donors (Lipinski definition) is 0. The second-order valence-electron chi connectivity index (χ2n) is 10.6. The lowest BCUT2D eigenvalue weighted by Crippen LogP contribution is -3.00. The Bertz CT molecular complexity index is 299. The molecule has 32 heavy (non-hydrogen) atoms. The predicted molar refractivity (Wildman–Crippen MR) is 151 cm³/mol. The SMILES string of the molecule is CCCCCCCCC[P+](CCCCCC)(CCCCCC)CCCCCCCCC.[I-]. The lowest BCUT2D eigenvalue weighted by molar-refractivity contribution is -0.00000711. The highest BCUT2D eigenvalue weighted by Gasteiger charge is 2.34. The van der Waals surface area contributed by atoms with Crippen molar-refractivity contribution in [3.05, 3.63) is 0 Å². The van der Waals surface area contributed by atoms with Gasteiger partial charge in [-0.15, -0.1) is 0 Å². The van der Waals surface area contributed by atoms with Crippen LogP contribution in [0.15, 0.2) is 0 Å². The van der Waals surface area contributed by atoms with Crippen LogP contribution in [-0.4, -0.2) is 24.6 Å². The zero-order valence-electron chi connectivity index (χ0n) is 23.2. The van der Waals surface area contributed by atoms with Crippen molar-refractivity contribution in [2.45, 2.75) is 169 Å². The van der Waals surface area contributed by atoms with E-state index in [-0.39, 0.29) is 24.0 Å². The minimum absolute atomic E-state index is 0. The van der Waals surface area contributed by atoms with Crippen LogP contribution in [0.3, 0.4) is 0 Å². The minimum Gasteiger partial charge on any atom is -1.00 e. The van der Waals surface area contributed by atoms with E-state index in [1.165, 1.54) is 116 Å². The molecule has 0 aromatic heterocycles. The standard InChI is InChI=1S/C30H64P.HI/c1-5-9-13-17-19-21-25-29-31(27-23-15-11-7-3,28-24-16-12-8-4)30-26-22-20-18-14-10-6-2;/h5-30H2,1-4H3;1H/q+1;/p-1. The van der Waals surface area contributed by atoms with Gasteiger partial charge in [0.2, 0.25) is 0 Å². The molecule has 0 amide bonds. The largest absolute Gasteiger partial charge is 1.00 e. The Kier molecular flexibility index (Phi) is 31.3. The Morgan fingerprint density at radius 2 is 0.469 bits per heavy atom. The van der Waals surface area contributed by atoms with Crippen LogP contribution < -0.4 is 24.0 Å². The van der Waals surface area contributed by atoms with Crippen molar-refractivity contribution in [1.29, 1.82) is 0 Å². The molecule has 0 rings (SSSR count).